The monoisotopic (exact) mass is 350 g/mol. The van der Waals surface area contributed by atoms with Crippen LogP contribution in [0.1, 0.15) is 13.8 Å². The average Bonchev–Trinajstić information content (AvgIpc) is 2.53. The van der Waals surface area contributed by atoms with Gasteiger partial charge in [0.1, 0.15) is 23.0 Å². The van der Waals surface area contributed by atoms with E-state index in [0.717, 1.165) is 0 Å². The van der Waals surface area contributed by atoms with Crippen LogP contribution in [0.25, 0.3) is 22.3 Å². The number of fused-ring (bicyclic) bond motifs is 1. The molecule has 0 bridgehead atoms. The summed E-state index contributed by atoms with van der Waals surface area (Å²) in [6, 6.07) is 0.982. The lowest BCUT2D eigenvalue weighted by Gasteiger charge is -2.16. The Hall–Kier alpha value is -2.77. The molecule has 2 heterocycles. The van der Waals surface area contributed by atoms with Crippen LogP contribution in [-0.2, 0) is 0 Å². The number of aromatic nitrogens is 3. The minimum Gasteiger partial charge on any atom is -0.382 e. The van der Waals surface area contributed by atoms with Crippen LogP contribution in [-0.4, -0.2) is 21.5 Å². The number of nitrogens with one attached hydrogen (secondary N) is 1. The molecule has 0 saturated heterocycles. The molecule has 0 aliphatic rings. The van der Waals surface area contributed by atoms with E-state index in [-0.39, 0.29) is 22.8 Å². The minimum absolute atomic E-state index is 0.00191. The Bertz CT molecular complexity index is 920. The molecule has 3 aromatic rings. The second kappa shape index (κ2) is 6.62. The van der Waals surface area contributed by atoms with Crippen LogP contribution in [0.15, 0.2) is 24.5 Å². The predicted octanol–water partition coefficient (Wildman–Crippen LogP) is 4.32. The number of halogens is 4. The molecular formula is C17H14F4N4. The molecule has 0 aliphatic heterocycles. The van der Waals surface area contributed by atoms with Gasteiger partial charge in [-0.2, -0.15) is 9.37 Å². The Morgan fingerprint density at radius 2 is 1.60 bits per heavy atom. The van der Waals surface area contributed by atoms with Crippen LogP contribution in [0.3, 0.4) is 0 Å². The van der Waals surface area contributed by atoms with E-state index in [1.54, 1.807) is 0 Å². The average molecular weight is 350 g/mol. The van der Waals surface area contributed by atoms with Crippen molar-refractivity contribution in [3.05, 3.63) is 47.9 Å². The lowest BCUT2D eigenvalue weighted by atomic mass is 10.0. The van der Waals surface area contributed by atoms with E-state index in [9.17, 15) is 17.6 Å². The third-order valence-electron chi connectivity index (χ3n) is 3.52. The van der Waals surface area contributed by atoms with Gasteiger partial charge in [-0.25, -0.2) is 23.1 Å². The van der Waals surface area contributed by atoms with Crippen molar-refractivity contribution in [1.29, 1.82) is 0 Å². The maximum absolute atomic E-state index is 14.6. The van der Waals surface area contributed by atoms with Crippen LogP contribution < -0.4 is 5.32 Å². The summed E-state index contributed by atoms with van der Waals surface area (Å²) >= 11 is 0. The van der Waals surface area contributed by atoms with Crippen molar-refractivity contribution in [2.24, 2.45) is 5.92 Å². The van der Waals surface area contributed by atoms with Crippen LogP contribution in [0.4, 0.5) is 23.2 Å². The van der Waals surface area contributed by atoms with E-state index in [4.69, 9.17) is 0 Å². The lowest BCUT2D eigenvalue weighted by Crippen LogP contribution is -2.12. The zero-order chi connectivity index (χ0) is 18.1. The standard InChI is InChI=1S/C17H14F4N4/c1-8(2)7-24-14-13(12-10(19)5-9(18)6-11(12)20)16(21)25-17-15(14)22-3-4-23-17/h3-6,8H,7H2,1-2H3,(H,23,24,25). The number of nitrogens with zero attached hydrogens (tertiary/aromatic N) is 3. The highest BCUT2D eigenvalue weighted by Gasteiger charge is 2.24. The predicted molar refractivity (Wildman–Crippen MR) is 85.9 cm³/mol. The highest BCUT2D eigenvalue weighted by molar-refractivity contribution is 5.95. The highest BCUT2D eigenvalue weighted by atomic mass is 19.1. The van der Waals surface area contributed by atoms with Gasteiger partial charge in [-0.1, -0.05) is 13.8 Å². The summed E-state index contributed by atoms with van der Waals surface area (Å²) in [4.78, 5) is 11.6. The molecule has 0 amide bonds. The molecule has 3 rings (SSSR count). The Balaban J connectivity index is 2.34. The van der Waals surface area contributed by atoms with Crippen molar-refractivity contribution in [3.8, 4) is 11.1 Å². The summed E-state index contributed by atoms with van der Waals surface area (Å²) in [5.41, 5.74) is -0.914. The Morgan fingerprint density at radius 1 is 0.960 bits per heavy atom. The summed E-state index contributed by atoms with van der Waals surface area (Å²) in [6.07, 6.45) is 2.70. The molecule has 4 nitrogen and oxygen atoms in total. The number of rotatable bonds is 4. The van der Waals surface area contributed by atoms with Crippen molar-refractivity contribution in [3.63, 3.8) is 0 Å². The number of benzene rings is 1. The quantitative estimate of drug-likeness (QED) is 0.562. The molecule has 8 heteroatoms. The topological polar surface area (TPSA) is 50.7 Å². The fourth-order valence-corrected chi connectivity index (χ4v) is 2.45. The molecule has 0 saturated carbocycles. The molecule has 130 valence electrons. The van der Waals surface area contributed by atoms with Gasteiger partial charge in [-0.3, -0.25) is 0 Å². The molecule has 1 N–H and O–H groups in total. The first-order chi connectivity index (χ1) is 11.9. The first-order valence-electron chi connectivity index (χ1n) is 7.57. The van der Waals surface area contributed by atoms with Gasteiger partial charge < -0.3 is 5.32 Å². The first-order valence-corrected chi connectivity index (χ1v) is 7.57. The molecule has 25 heavy (non-hydrogen) atoms. The normalized spacial score (nSPS) is 11.3. The number of hydrogen-bond acceptors (Lipinski definition) is 4. The van der Waals surface area contributed by atoms with Crippen LogP contribution >= 0.6 is 0 Å². The van der Waals surface area contributed by atoms with Crippen LogP contribution in [0, 0.1) is 29.3 Å². The van der Waals surface area contributed by atoms with Gasteiger partial charge in [0.2, 0.25) is 5.95 Å². The van der Waals surface area contributed by atoms with E-state index in [0.29, 0.717) is 18.7 Å². The molecule has 0 spiro atoms. The zero-order valence-electron chi connectivity index (χ0n) is 13.4. The van der Waals surface area contributed by atoms with Gasteiger partial charge in [0.15, 0.2) is 5.65 Å². The van der Waals surface area contributed by atoms with E-state index in [1.807, 2.05) is 13.8 Å². The molecular weight excluding hydrogens is 336 g/mol. The summed E-state index contributed by atoms with van der Waals surface area (Å²) in [6.45, 7) is 4.22. The van der Waals surface area contributed by atoms with Crippen molar-refractivity contribution in [2.45, 2.75) is 13.8 Å². The smallest absolute Gasteiger partial charge is 0.225 e. The SMILES string of the molecule is CC(C)CNc1c(-c2c(F)cc(F)cc2F)c(F)nc2nccnc12. The van der Waals surface area contributed by atoms with E-state index in [1.165, 1.54) is 12.4 Å². The second-order valence-electron chi connectivity index (χ2n) is 5.90. The number of anilines is 1. The molecule has 0 unspecified atom stereocenters. The summed E-state index contributed by atoms with van der Waals surface area (Å²) in [5.74, 6) is -4.50. The van der Waals surface area contributed by atoms with Crippen molar-refractivity contribution in [1.82, 2.24) is 15.0 Å². The fourth-order valence-electron chi connectivity index (χ4n) is 2.45. The Morgan fingerprint density at radius 3 is 2.24 bits per heavy atom. The fraction of sp³-hybridized carbons (Fsp3) is 0.235. The van der Waals surface area contributed by atoms with Crippen LogP contribution in [0.2, 0.25) is 0 Å². The van der Waals surface area contributed by atoms with Crippen molar-refractivity contribution in [2.75, 3.05) is 11.9 Å². The van der Waals surface area contributed by atoms with Gasteiger partial charge in [-0.05, 0) is 5.92 Å². The summed E-state index contributed by atoms with van der Waals surface area (Å²) in [7, 11) is 0. The molecule has 0 fully saturated rings. The summed E-state index contributed by atoms with van der Waals surface area (Å²) < 4.78 is 56.2. The Labute approximate surface area is 141 Å². The molecule has 0 aliphatic carbocycles. The third-order valence-corrected chi connectivity index (χ3v) is 3.52. The van der Waals surface area contributed by atoms with Crippen LogP contribution in [0.5, 0.6) is 0 Å². The van der Waals surface area contributed by atoms with Gasteiger partial charge >= 0.3 is 0 Å². The summed E-state index contributed by atoms with van der Waals surface area (Å²) in [5, 5.41) is 2.95. The molecule has 0 atom stereocenters. The second-order valence-corrected chi connectivity index (χ2v) is 5.90. The van der Waals surface area contributed by atoms with E-state index in [2.05, 4.69) is 20.3 Å². The lowest BCUT2D eigenvalue weighted by molar-refractivity contribution is 0.542. The Kier molecular flexibility index (Phi) is 4.52. The maximum Gasteiger partial charge on any atom is 0.225 e. The zero-order valence-corrected chi connectivity index (χ0v) is 13.4. The van der Waals surface area contributed by atoms with E-state index < -0.39 is 34.5 Å². The largest absolute Gasteiger partial charge is 0.382 e. The number of pyridine rings is 1. The van der Waals surface area contributed by atoms with Gasteiger partial charge in [0.25, 0.3) is 0 Å². The maximum atomic E-state index is 14.6. The molecule has 1 aromatic carbocycles. The van der Waals surface area contributed by atoms with Gasteiger partial charge in [0.05, 0.1) is 16.8 Å². The minimum atomic E-state index is -1.23. The van der Waals surface area contributed by atoms with Crippen molar-refractivity contribution < 1.29 is 17.6 Å². The first kappa shape index (κ1) is 17.1. The van der Waals surface area contributed by atoms with Gasteiger partial charge in [-0.15, -0.1) is 0 Å². The molecule has 0 radical (unpaired) electrons. The van der Waals surface area contributed by atoms with E-state index >= 15 is 0 Å². The van der Waals surface area contributed by atoms with Gasteiger partial charge in [0, 0.05) is 31.1 Å². The third kappa shape index (κ3) is 3.24. The van der Waals surface area contributed by atoms with Crippen molar-refractivity contribution >= 4 is 16.9 Å². The molecule has 2 aromatic heterocycles. The highest BCUT2D eigenvalue weighted by Crippen LogP contribution is 2.37. The number of hydrogen-bond donors (Lipinski definition) is 1.